The maximum absolute atomic E-state index is 12.3. The van der Waals surface area contributed by atoms with Crippen LogP contribution in [0.2, 0.25) is 0 Å². The molecule has 0 unspecified atom stereocenters. The molecular weight excluding hydrogens is 390 g/mol. The molecule has 1 fully saturated rings. The van der Waals surface area contributed by atoms with E-state index in [-0.39, 0.29) is 38.1 Å². The Morgan fingerprint density at radius 2 is 1.67 bits per heavy atom. The molecule has 0 saturated carbocycles. The maximum Gasteiger partial charge on any atom is 0.407 e. The van der Waals surface area contributed by atoms with Gasteiger partial charge in [0.1, 0.15) is 0 Å². The topological polar surface area (TPSA) is 106 Å². The zero-order valence-corrected chi connectivity index (χ0v) is 17.7. The van der Waals surface area contributed by atoms with Crippen molar-refractivity contribution >= 4 is 17.9 Å². The van der Waals surface area contributed by atoms with E-state index in [1.165, 1.54) is 0 Å². The first-order valence-electron chi connectivity index (χ1n) is 10.4. The maximum atomic E-state index is 12.3. The van der Waals surface area contributed by atoms with Crippen LogP contribution in [-0.2, 0) is 9.53 Å². The van der Waals surface area contributed by atoms with Crippen LogP contribution in [0.3, 0.4) is 0 Å². The summed E-state index contributed by atoms with van der Waals surface area (Å²) >= 11 is 0. The Hall–Kier alpha value is -2.97. The first-order valence-corrected chi connectivity index (χ1v) is 10.4. The molecule has 0 radical (unpaired) electrons. The Balaban J connectivity index is 1.89. The van der Waals surface area contributed by atoms with Gasteiger partial charge in [-0.15, -0.1) is 0 Å². The van der Waals surface area contributed by atoms with E-state index >= 15 is 0 Å². The SMILES string of the molecule is CCOC(=O)NCCNC(=O)c1ccc(OCC(=O)N2CCCCC2)c(OCC)c1. The lowest BCUT2D eigenvalue weighted by Crippen LogP contribution is -2.38. The number of amides is 3. The molecular formula is C21H31N3O6. The molecule has 0 spiro atoms. The fourth-order valence-corrected chi connectivity index (χ4v) is 3.04. The van der Waals surface area contributed by atoms with Crippen LogP contribution in [0.15, 0.2) is 18.2 Å². The molecule has 2 rings (SSSR count). The number of hydrogen-bond donors (Lipinski definition) is 2. The summed E-state index contributed by atoms with van der Waals surface area (Å²) in [5, 5.41) is 5.24. The zero-order chi connectivity index (χ0) is 21.8. The molecule has 1 aliphatic rings. The number of carbonyl (C=O) groups excluding carboxylic acids is 3. The Morgan fingerprint density at radius 3 is 2.37 bits per heavy atom. The van der Waals surface area contributed by atoms with E-state index < -0.39 is 6.09 Å². The van der Waals surface area contributed by atoms with Gasteiger partial charge in [-0.05, 0) is 51.3 Å². The van der Waals surface area contributed by atoms with Crippen LogP contribution in [0.25, 0.3) is 0 Å². The van der Waals surface area contributed by atoms with Gasteiger partial charge < -0.3 is 29.7 Å². The van der Waals surface area contributed by atoms with Crippen molar-refractivity contribution in [3.05, 3.63) is 23.8 Å². The highest BCUT2D eigenvalue weighted by Crippen LogP contribution is 2.28. The lowest BCUT2D eigenvalue weighted by atomic mass is 10.1. The van der Waals surface area contributed by atoms with Gasteiger partial charge >= 0.3 is 6.09 Å². The van der Waals surface area contributed by atoms with Crippen LogP contribution in [0.4, 0.5) is 4.79 Å². The Labute approximate surface area is 177 Å². The van der Waals surface area contributed by atoms with Gasteiger partial charge in [-0.25, -0.2) is 4.79 Å². The number of ether oxygens (including phenoxy) is 3. The zero-order valence-electron chi connectivity index (χ0n) is 17.7. The highest BCUT2D eigenvalue weighted by molar-refractivity contribution is 5.95. The molecule has 0 aliphatic carbocycles. The smallest absolute Gasteiger partial charge is 0.407 e. The fraction of sp³-hybridized carbons (Fsp3) is 0.571. The van der Waals surface area contributed by atoms with E-state index in [2.05, 4.69) is 10.6 Å². The second kappa shape index (κ2) is 12.6. The fourth-order valence-electron chi connectivity index (χ4n) is 3.04. The highest BCUT2D eigenvalue weighted by atomic mass is 16.5. The van der Waals surface area contributed by atoms with E-state index in [0.717, 1.165) is 32.4 Å². The number of carbonyl (C=O) groups is 3. The molecule has 30 heavy (non-hydrogen) atoms. The van der Waals surface area contributed by atoms with E-state index in [9.17, 15) is 14.4 Å². The molecule has 9 heteroatoms. The second-order valence-electron chi connectivity index (χ2n) is 6.73. The summed E-state index contributed by atoms with van der Waals surface area (Å²) in [4.78, 5) is 37.7. The summed E-state index contributed by atoms with van der Waals surface area (Å²) in [5.74, 6) is 0.467. The summed E-state index contributed by atoms with van der Waals surface area (Å²) in [6.45, 7) is 6.21. The highest BCUT2D eigenvalue weighted by Gasteiger charge is 2.18. The predicted molar refractivity (Wildman–Crippen MR) is 111 cm³/mol. The minimum Gasteiger partial charge on any atom is -0.490 e. The van der Waals surface area contributed by atoms with Gasteiger partial charge in [-0.2, -0.15) is 0 Å². The van der Waals surface area contributed by atoms with Crippen molar-refractivity contribution < 1.29 is 28.6 Å². The molecule has 9 nitrogen and oxygen atoms in total. The van der Waals surface area contributed by atoms with Crippen LogP contribution >= 0.6 is 0 Å². The van der Waals surface area contributed by atoms with Crippen LogP contribution in [-0.4, -0.2) is 68.8 Å². The Morgan fingerprint density at radius 1 is 0.933 bits per heavy atom. The van der Waals surface area contributed by atoms with Crippen LogP contribution in [0.1, 0.15) is 43.5 Å². The van der Waals surface area contributed by atoms with Gasteiger partial charge in [0.25, 0.3) is 11.8 Å². The molecule has 0 aromatic heterocycles. The Kier molecular flexibility index (Phi) is 9.76. The first-order chi connectivity index (χ1) is 14.5. The largest absolute Gasteiger partial charge is 0.490 e. The molecule has 0 bridgehead atoms. The normalized spacial score (nSPS) is 13.3. The quantitative estimate of drug-likeness (QED) is 0.560. The molecule has 166 valence electrons. The lowest BCUT2D eigenvalue weighted by Gasteiger charge is -2.26. The van der Waals surface area contributed by atoms with Crippen molar-refractivity contribution in [2.75, 3.05) is 46.0 Å². The van der Waals surface area contributed by atoms with Gasteiger partial charge in [0.15, 0.2) is 18.1 Å². The molecule has 0 atom stereocenters. The standard InChI is InChI=1S/C21H31N3O6/c1-3-28-18-14-16(20(26)22-10-11-23-21(27)29-4-2)8-9-17(18)30-15-19(25)24-12-6-5-7-13-24/h8-9,14H,3-7,10-13,15H2,1-2H3,(H,22,26)(H,23,27). The third-order valence-corrected chi connectivity index (χ3v) is 4.52. The summed E-state index contributed by atoms with van der Waals surface area (Å²) < 4.78 is 16.0. The van der Waals surface area contributed by atoms with Crippen molar-refractivity contribution in [2.24, 2.45) is 0 Å². The van der Waals surface area contributed by atoms with Gasteiger partial charge in [-0.1, -0.05) is 0 Å². The summed E-state index contributed by atoms with van der Waals surface area (Å²) in [5.41, 5.74) is 0.393. The predicted octanol–water partition coefficient (Wildman–Crippen LogP) is 1.95. The third-order valence-electron chi connectivity index (χ3n) is 4.52. The molecule has 2 N–H and O–H groups in total. The number of nitrogens with zero attached hydrogens (tertiary/aromatic N) is 1. The molecule has 1 aromatic carbocycles. The molecule has 1 aromatic rings. The Bertz CT molecular complexity index is 719. The lowest BCUT2D eigenvalue weighted by molar-refractivity contribution is -0.134. The van der Waals surface area contributed by atoms with Gasteiger partial charge in [0.2, 0.25) is 0 Å². The second-order valence-corrected chi connectivity index (χ2v) is 6.73. The number of benzene rings is 1. The van der Waals surface area contributed by atoms with Crippen molar-refractivity contribution in [1.29, 1.82) is 0 Å². The minimum atomic E-state index is -0.522. The monoisotopic (exact) mass is 421 g/mol. The van der Waals surface area contributed by atoms with E-state index in [0.29, 0.717) is 23.7 Å². The van der Waals surface area contributed by atoms with Crippen molar-refractivity contribution in [3.8, 4) is 11.5 Å². The average Bonchev–Trinajstić information content (AvgIpc) is 2.76. The number of alkyl carbamates (subject to hydrolysis) is 1. The van der Waals surface area contributed by atoms with Crippen molar-refractivity contribution in [3.63, 3.8) is 0 Å². The number of rotatable bonds is 10. The number of piperidine rings is 1. The summed E-state index contributed by atoms with van der Waals surface area (Å²) in [6.07, 6.45) is 2.68. The number of nitrogens with one attached hydrogen (secondary N) is 2. The van der Waals surface area contributed by atoms with Crippen LogP contribution in [0.5, 0.6) is 11.5 Å². The molecule has 3 amide bonds. The van der Waals surface area contributed by atoms with Crippen molar-refractivity contribution in [2.45, 2.75) is 33.1 Å². The molecule has 1 aliphatic heterocycles. The number of likely N-dealkylation sites (tertiary alicyclic amines) is 1. The minimum absolute atomic E-state index is 0.0481. The first kappa shape index (κ1) is 23.3. The number of hydrogen-bond acceptors (Lipinski definition) is 6. The summed E-state index contributed by atoms with van der Waals surface area (Å²) in [6, 6.07) is 4.82. The van der Waals surface area contributed by atoms with E-state index in [4.69, 9.17) is 14.2 Å². The van der Waals surface area contributed by atoms with Gasteiger partial charge in [0.05, 0.1) is 13.2 Å². The molecule has 1 saturated heterocycles. The third kappa shape index (κ3) is 7.46. The van der Waals surface area contributed by atoms with Crippen molar-refractivity contribution in [1.82, 2.24) is 15.5 Å². The van der Waals surface area contributed by atoms with Gasteiger partial charge in [0, 0.05) is 31.7 Å². The van der Waals surface area contributed by atoms with Crippen LogP contribution < -0.4 is 20.1 Å². The van der Waals surface area contributed by atoms with E-state index in [1.807, 2.05) is 11.8 Å². The van der Waals surface area contributed by atoms with Crippen LogP contribution in [0, 0.1) is 0 Å². The summed E-state index contributed by atoms with van der Waals surface area (Å²) in [7, 11) is 0. The van der Waals surface area contributed by atoms with Gasteiger partial charge in [-0.3, -0.25) is 9.59 Å². The van der Waals surface area contributed by atoms with E-state index in [1.54, 1.807) is 25.1 Å². The average molecular weight is 421 g/mol. The molecule has 1 heterocycles.